The fraction of sp³-hybridized carbons (Fsp3) is 0.105. The van der Waals surface area contributed by atoms with E-state index in [-0.39, 0.29) is 16.9 Å². The summed E-state index contributed by atoms with van der Waals surface area (Å²) in [5.41, 5.74) is -0.959. The molecule has 0 saturated heterocycles. The zero-order valence-electron chi connectivity index (χ0n) is 14.2. The number of aromatic nitrogens is 2. The Hall–Kier alpha value is -3.49. The molecule has 1 amide bonds. The lowest BCUT2D eigenvalue weighted by Gasteiger charge is -2.10. The van der Waals surface area contributed by atoms with Crippen LogP contribution in [0.15, 0.2) is 65.5 Å². The number of nitrogens with one attached hydrogen (secondary N) is 1. The lowest BCUT2D eigenvalue weighted by molar-refractivity contribution is -0.137. The van der Waals surface area contributed by atoms with Crippen molar-refractivity contribution in [3.8, 4) is 11.3 Å². The van der Waals surface area contributed by atoms with Crippen LogP contribution in [0.4, 0.5) is 23.2 Å². The van der Waals surface area contributed by atoms with Gasteiger partial charge in [0.25, 0.3) is 5.56 Å². The molecule has 1 heterocycles. The van der Waals surface area contributed by atoms with Gasteiger partial charge in [-0.25, -0.2) is 9.07 Å². The molecule has 3 aromatic rings. The van der Waals surface area contributed by atoms with Crippen LogP contribution in [0.3, 0.4) is 0 Å². The summed E-state index contributed by atoms with van der Waals surface area (Å²) >= 11 is 0. The van der Waals surface area contributed by atoms with Crippen molar-refractivity contribution < 1.29 is 22.4 Å². The highest BCUT2D eigenvalue weighted by atomic mass is 19.4. The summed E-state index contributed by atoms with van der Waals surface area (Å²) in [6.45, 7) is -0.484. The number of anilines is 1. The third-order valence-electron chi connectivity index (χ3n) is 3.81. The van der Waals surface area contributed by atoms with Gasteiger partial charge in [-0.2, -0.15) is 18.3 Å². The minimum absolute atomic E-state index is 0.135. The van der Waals surface area contributed by atoms with Gasteiger partial charge in [0.15, 0.2) is 0 Å². The van der Waals surface area contributed by atoms with E-state index >= 15 is 0 Å². The van der Waals surface area contributed by atoms with Crippen molar-refractivity contribution in [3.05, 3.63) is 82.4 Å². The van der Waals surface area contributed by atoms with E-state index < -0.39 is 35.6 Å². The van der Waals surface area contributed by atoms with Crippen LogP contribution in [-0.2, 0) is 17.5 Å². The maximum atomic E-state index is 13.9. The monoisotopic (exact) mass is 391 g/mol. The Balaban J connectivity index is 1.76. The molecule has 1 aromatic heterocycles. The molecule has 9 heteroatoms. The predicted molar refractivity (Wildman–Crippen MR) is 94.0 cm³/mol. The molecule has 2 aromatic carbocycles. The van der Waals surface area contributed by atoms with Crippen LogP contribution >= 0.6 is 0 Å². The average Bonchev–Trinajstić information content (AvgIpc) is 2.64. The maximum absolute atomic E-state index is 13.9. The number of alkyl halides is 3. The van der Waals surface area contributed by atoms with Crippen LogP contribution in [0.2, 0.25) is 0 Å². The van der Waals surface area contributed by atoms with Crippen LogP contribution < -0.4 is 10.9 Å². The molecule has 0 atom stereocenters. The van der Waals surface area contributed by atoms with E-state index in [4.69, 9.17) is 0 Å². The minimum Gasteiger partial charge on any atom is -0.324 e. The van der Waals surface area contributed by atoms with Crippen molar-refractivity contribution >= 4 is 11.6 Å². The molecule has 0 spiro atoms. The fourth-order valence-electron chi connectivity index (χ4n) is 2.45. The van der Waals surface area contributed by atoms with Crippen molar-refractivity contribution in [1.29, 1.82) is 0 Å². The van der Waals surface area contributed by atoms with Crippen LogP contribution in [0.1, 0.15) is 5.56 Å². The summed E-state index contributed by atoms with van der Waals surface area (Å²) in [6.07, 6.45) is -4.48. The summed E-state index contributed by atoms with van der Waals surface area (Å²) in [7, 11) is 0. The fourth-order valence-corrected chi connectivity index (χ4v) is 2.45. The third-order valence-corrected chi connectivity index (χ3v) is 3.81. The number of benzene rings is 2. The van der Waals surface area contributed by atoms with Gasteiger partial charge in [0.2, 0.25) is 5.91 Å². The molecule has 144 valence electrons. The molecule has 0 saturated carbocycles. The smallest absolute Gasteiger partial charge is 0.324 e. The molecular formula is C19H13F4N3O2. The van der Waals surface area contributed by atoms with Crippen LogP contribution in [0.5, 0.6) is 0 Å². The third kappa shape index (κ3) is 4.43. The molecule has 0 aliphatic heterocycles. The van der Waals surface area contributed by atoms with Crippen molar-refractivity contribution in [2.24, 2.45) is 0 Å². The minimum atomic E-state index is -4.48. The zero-order chi connectivity index (χ0) is 20.3. The Bertz CT molecular complexity index is 1060. The Labute approximate surface area is 156 Å². The lowest BCUT2D eigenvalue weighted by atomic mass is 10.1. The first kappa shape index (κ1) is 19.3. The molecule has 0 aliphatic carbocycles. The van der Waals surface area contributed by atoms with Crippen molar-refractivity contribution in [1.82, 2.24) is 9.78 Å². The zero-order valence-corrected chi connectivity index (χ0v) is 14.2. The number of hydrogen-bond donors (Lipinski definition) is 1. The Morgan fingerprint density at radius 1 is 1.00 bits per heavy atom. The molecular weight excluding hydrogens is 378 g/mol. The number of carbonyl (C=O) groups is 1. The quantitative estimate of drug-likeness (QED) is 0.690. The van der Waals surface area contributed by atoms with Crippen LogP contribution in [0.25, 0.3) is 11.3 Å². The van der Waals surface area contributed by atoms with Gasteiger partial charge in [0, 0.05) is 17.3 Å². The van der Waals surface area contributed by atoms with E-state index in [1.54, 1.807) is 6.07 Å². The molecule has 3 rings (SSSR count). The van der Waals surface area contributed by atoms with Gasteiger partial charge in [0.05, 0.1) is 11.3 Å². The van der Waals surface area contributed by atoms with Gasteiger partial charge in [-0.3, -0.25) is 9.59 Å². The number of carbonyl (C=O) groups excluding carboxylic acids is 1. The van der Waals surface area contributed by atoms with Gasteiger partial charge < -0.3 is 5.32 Å². The molecule has 0 fully saturated rings. The lowest BCUT2D eigenvalue weighted by Crippen LogP contribution is -2.29. The second-order valence-electron chi connectivity index (χ2n) is 5.82. The Morgan fingerprint density at radius 3 is 2.32 bits per heavy atom. The van der Waals surface area contributed by atoms with Gasteiger partial charge in [-0.15, -0.1) is 0 Å². The standard InChI is InChI=1S/C19H13F4N3O2/c20-15-4-2-1-3-14(15)16-9-10-18(28)26(25-16)11-17(27)24-13-7-5-12(6-8-13)19(21,22)23/h1-10H,11H2,(H,24,27). The average molecular weight is 391 g/mol. The summed E-state index contributed by atoms with van der Waals surface area (Å²) in [5.74, 6) is -1.20. The van der Waals surface area contributed by atoms with E-state index in [0.29, 0.717) is 0 Å². The molecule has 0 radical (unpaired) electrons. The largest absolute Gasteiger partial charge is 0.416 e. The number of amides is 1. The first-order chi connectivity index (χ1) is 13.2. The van der Waals surface area contributed by atoms with E-state index in [1.165, 1.54) is 24.3 Å². The topological polar surface area (TPSA) is 64.0 Å². The van der Waals surface area contributed by atoms with Crippen LogP contribution in [-0.4, -0.2) is 15.7 Å². The Morgan fingerprint density at radius 2 is 1.68 bits per heavy atom. The van der Waals surface area contributed by atoms with E-state index in [9.17, 15) is 27.2 Å². The molecule has 28 heavy (non-hydrogen) atoms. The highest BCUT2D eigenvalue weighted by Crippen LogP contribution is 2.29. The SMILES string of the molecule is O=C(Cn1nc(-c2ccccc2F)ccc1=O)Nc1ccc(C(F)(F)F)cc1. The number of hydrogen-bond acceptors (Lipinski definition) is 3. The van der Waals surface area contributed by atoms with Gasteiger partial charge in [-0.05, 0) is 42.5 Å². The van der Waals surface area contributed by atoms with E-state index in [2.05, 4.69) is 10.4 Å². The molecule has 0 bridgehead atoms. The van der Waals surface area contributed by atoms with Gasteiger partial charge in [-0.1, -0.05) is 12.1 Å². The first-order valence-electron chi connectivity index (χ1n) is 8.04. The summed E-state index contributed by atoms with van der Waals surface area (Å²) in [4.78, 5) is 24.1. The number of nitrogens with zero attached hydrogens (tertiary/aromatic N) is 2. The van der Waals surface area contributed by atoms with Gasteiger partial charge in [0.1, 0.15) is 12.4 Å². The highest BCUT2D eigenvalue weighted by molar-refractivity contribution is 5.90. The van der Waals surface area contributed by atoms with Gasteiger partial charge >= 0.3 is 6.18 Å². The van der Waals surface area contributed by atoms with E-state index in [0.717, 1.165) is 35.0 Å². The maximum Gasteiger partial charge on any atom is 0.416 e. The molecule has 0 aliphatic rings. The molecule has 5 nitrogen and oxygen atoms in total. The second kappa shape index (κ2) is 7.63. The molecule has 0 unspecified atom stereocenters. The van der Waals surface area contributed by atoms with Crippen molar-refractivity contribution in [2.75, 3.05) is 5.32 Å². The first-order valence-corrected chi connectivity index (χ1v) is 8.04. The van der Waals surface area contributed by atoms with E-state index in [1.807, 2.05) is 0 Å². The Kier molecular flexibility index (Phi) is 5.25. The number of rotatable bonds is 4. The van der Waals surface area contributed by atoms with Crippen molar-refractivity contribution in [3.63, 3.8) is 0 Å². The number of halogens is 4. The molecule has 1 N–H and O–H groups in total. The normalized spacial score (nSPS) is 11.3. The summed E-state index contributed by atoms with van der Waals surface area (Å²) in [6, 6.07) is 12.2. The second-order valence-corrected chi connectivity index (χ2v) is 5.82. The van der Waals surface area contributed by atoms with Crippen molar-refractivity contribution in [2.45, 2.75) is 12.7 Å². The van der Waals surface area contributed by atoms with Crippen LogP contribution in [0, 0.1) is 5.82 Å². The summed E-state index contributed by atoms with van der Waals surface area (Å²) in [5, 5.41) is 6.37. The summed E-state index contributed by atoms with van der Waals surface area (Å²) < 4.78 is 52.4. The highest BCUT2D eigenvalue weighted by Gasteiger charge is 2.30. The predicted octanol–water partition coefficient (Wildman–Crippen LogP) is 3.71.